The Balaban J connectivity index is 2.28. The van der Waals surface area contributed by atoms with Gasteiger partial charge in [0.05, 0.1) is 16.4 Å². The maximum Gasteiger partial charge on any atom is 0.143 e. The summed E-state index contributed by atoms with van der Waals surface area (Å²) in [6.07, 6.45) is 8.13. The summed E-state index contributed by atoms with van der Waals surface area (Å²) < 4.78 is 1.01. The van der Waals surface area contributed by atoms with Crippen molar-refractivity contribution < 1.29 is 0 Å². The monoisotopic (exact) mass is 297 g/mol. The Morgan fingerprint density at radius 2 is 2.29 bits per heavy atom. The molecule has 2 heterocycles. The van der Waals surface area contributed by atoms with E-state index in [1.54, 1.807) is 6.20 Å². The summed E-state index contributed by atoms with van der Waals surface area (Å²) in [7, 11) is 0. The molecule has 17 heavy (non-hydrogen) atoms. The number of pyridine rings is 1. The van der Waals surface area contributed by atoms with Gasteiger partial charge in [-0.3, -0.25) is 0 Å². The molecule has 1 saturated heterocycles. The molecule has 0 aliphatic carbocycles. The van der Waals surface area contributed by atoms with Crippen LogP contribution in [0.15, 0.2) is 16.7 Å². The standard InChI is InChI=1S/C13H20BrN3/c1-2-11-6-4-3-5-7-17(11)13-12(14)8-10(15)9-16-13/h8-9,11H,2-7,15H2,1H3. The maximum absolute atomic E-state index is 5.74. The lowest BCUT2D eigenvalue weighted by molar-refractivity contribution is 0.551. The minimum Gasteiger partial charge on any atom is -0.397 e. The molecule has 2 rings (SSSR count). The minimum absolute atomic E-state index is 0.616. The molecule has 94 valence electrons. The SMILES string of the molecule is CCC1CCCCCN1c1ncc(N)cc1Br. The lowest BCUT2D eigenvalue weighted by Crippen LogP contribution is -2.35. The highest BCUT2D eigenvalue weighted by atomic mass is 79.9. The summed E-state index contributed by atoms with van der Waals surface area (Å²) in [5, 5.41) is 0. The fourth-order valence-corrected chi connectivity index (χ4v) is 3.13. The Bertz CT molecular complexity index is 381. The van der Waals surface area contributed by atoms with Crippen LogP contribution in [0.3, 0.4) is 0 Å². The van der Waals surface area contributed by atoms with Crippen LogP contribution >= 0.6 is 15.9 Å². The number of nitrogens with zero attached hydrogens (tertiary/aromatic N) is 2. The van der Waals surface area contributed by atoms with Crippen molar-refractivity contribution in [3.05, 3.63) is 16.7 Å². The summed E-state index contributed by atoms with van der Waals surface area (Å²) in [6, 6.07) is 2.56. The third-order valence-corrected chi connectivity index (χ3v) is 4.05. The van der Waals surface area contributed by atoms with Crippen molar-refractivity contribution in [1.82, 2.24) is 4.98 Å². The lowest BCUT2D eigenvalue weighted by Gasteiger charge is -2.31. The summed E-state index contributed by atoms with van der Waals surface area (Å²) >= 11 is 3.58. The molecular weight excluding hydrogens is 278 g/mol. The summed E-state index contributed by atoms with van der Waals surface area (Å²) in [6.45, 7) is 3.36. The molecular formula is C13H20BrN3. The van der Waals surface area contributed by atoms with Crippen LogP contribution in [0, 0.1) is 0 Å². The van der Waals surface area contributed by atoms with Crippen molar-refractivity contribution in [2.24, 2.45) is 0 Å². The molecule has 2 N–H and O–H groups in total. The van der Waals surface area contributed by atoms with Crippen LogP contribution in [-0.2, 0) is 0 Å². The molecule has 4 heteroatoms. The molecule has 0 aromatic carbocycles. The van der Waals surface area contributed by atoms with Crippen LogP contribution in [0.4, 0.5) is 11.5 Å². The number of hydrogen-bond acceptors (Lipinski definition) is 3. The van der Waals surface area contributed by atoms with Gasteiger partial charge < -0.3 is 10.6 Å². The molecule has 1 atom stereocenters. The quantitative estimate of drug-likeness (QED) is 0.907. The average Bonchev–Trinajstić information content (AvgIpc) is 2.54. The molecule has 1 unspecified atom stereocenters. The third kappa shape index (κ3) is 2.92. The van der Waals surface area contributed by atoms with Gasteiger partial charge in [0.15, 0.2) is 0 Å². The number of hydrogen-bond donors (Lipinski definition) is 1. The van der Waals surface area contributed by atoms with Crippen molar-refractivity contribution in [1.29, 1.82) is 0 Å². The van der Waals surface area contributed by atoms with Gasteiger partial charge in [0, 0.05) is 12.6 Å². The fraction of sp³-hybridized carbons (Fsp3) is 0.615. The zero-order valence-electron chi connectivity index (χ0n) is 10.3. The second-order valence-electron chi connectivity index (χ2n) is 4.68. The molecule has 1 fully saturated rings. The van der Waals surface area contributed by atoms with Gasteiger partial charge in [0.2, 0.25) is 0 Å². The van der Waals surface area contributed by atoms with Crippen LogP contribution in [0.1, 0.15) is 39.0 Å². The van der Waals surface area contributed by atoms with Crippen molar-refractivity contribution >= 4 is 27.4 Å². The smallest absolute Gasteiger partial charge is 0.143 e. The van der Waals surface area contributed by atoms with Gasteiger partial charge in [0.1, 0.15) is 5.82 Å². The molecule has 0 spiro atoms. The van der Waals surface area contributed by atoms with Crippen LogP contribution in [0.2, 0.25) is 0 Å². The van der Waals surface area contributed by atoms with Gasteiger partial charge in [-0.25, -0.2) is 4.98 Å². The molecule has 1 aliphatic heterocycles. The van der Waals surface area contributed by atoms with Crippen molar-refractivity contribution in [2.45, 2.75) is 45.1 Å². The highest BCUT2D eigenvalue weighted by molar-refractivity contribution is 9.10. The Kier molecular flexibility index (Phi) is 4.26. The van der Waals surface area contributed by atoms with E-state index in [0.29, 0.717) is 11.7 Å². The molecule has 1 aromatic heterocycles. The van der Waals surface area contributed by atoms with Crippen molar-refractivity contribution in [3.8, 4) is 0 Å². The Labute approximate surface area is 112 Å². The maximum atomic E-state index is 5.74. The first kappa shape index (κ1) is 12.7. The molecule has 0 saturated carbocycles. The van der Waals surface area contributed by atoms with E-state index in [1.807, 2.05) is 6.07 Å². The van der Waals surface area contributed by atoms with E-state index in [-0.39, 0.29) is 0 Å². The average molecular weight is 298 g/mol. The van der Waals surface area contributed by atoms with Crippen molar-refractivity contribution in [3.63, 3.8) is 0 Å². The number of halogens is 1. The molecule has 1 aromatic rings. The molecule has 1 aliphatic rings. The van der Waals surface area contributed by atoms with Crippen LogP contribution in [-0.4, -0.2) is 17.6 Å². The normalized spacial score (nSPS) is 21.3. The Hall–Kier alpha value is -0.770. The van der Waals surface area contributed by atoms with E-state index in [9.17, 15) is 0 Å². The summed E-state index contributed by atoms with van der Waals surface area (Å²) in [4.78, 5) is 6.94. The number of nitrogens with two attached hydrogens (primary N) is 1. The lowest BCUT2D eigenvalue weighted by atomic mass is 10.1. The van der Waals surface area contributed by atoms with Crippen LogP contribution in [0.5, 0.6) is 0 Å². The van der Waals surface area contributed by atoms with E-state index in [1.165, 1.54) is 32.1 Å². The van der Waals surface area contributed by atoms with E-state index >= 15 is 0 Å². The van der Waals surface area contributed by atoms with E-state index in [2.05, 4.69) is 32.7 Å². The summed E-state index contributed by atoms with van der Waals surface area (Å²) in [5.41, 5.74) is 6.46. The number of anilines is 2. The zero-order chi connectivity index (χ0) is 12.3. The topological polar surface area (TPSA) is 42.2 Å². The van der Waals surface area contributed by atoms with E-state index < -0.39 is 0 Å². The second-order valence-corrected chi connectivity index (χ2v) is 5.53. The number of nitrogen functional groups attached to an aromatic ring is 1. The second kappa shape index (κ2) is 5.71. The molecule has 0 bridgehead atoms. The molecule has 3 nitrogen and oxygen atoms in total. The number of aromatic nitrogens is 1. The first-order valence-electron chi connectivity index (χ1n) is 6.40. The van der Waals surface area contributed by atoms with Crippen molar-refractivity contribution in [2.75, 3.05) is 17.2 Å². The van der Waals surface area contributed by atoms with Gasteiger partial charge in [-0.2, -0.15) is 0 Å². The van der Waals surface area contributed by atoms with E-state index in [0.717, 1.165) is 16.8 Å². The van der Waals surface area contributed by atoms with Crippen LogP contribution in [0.25, 0.3) is 0 Å². The van der Waals surface area contributed by atoms with E-state index in [4.69, 9.17) is 5.73 Å². The number of rotatable bonds is 2. The summed E-state index contributed by atoms with van der Waals surface area (Å²) in [5.74, 6) is 1.05. The fourth-order valence-electron chi connectivity index (χ4n) is 2.54. The first-order valence-corrected chi connectivity index (χ1v) is 7.19. The predicted octanol–water partition coefficient (Wildman–Crippen LogP) is 3.59. The van der Waals surface area contributed by atoms with Gasteiger partial charge in [-0.1, -0.05) is 19.8 Å². The Morgan fingerprint density at radius 3 is 3.00 bits per heavy atom. The Morgan fingerprint density at radius 1 is 1.47 bits per heavy atom. The van der Waals surface area contributed by atoms with Gasteiger partial charge in [0.25, 0.3) is 0 Å². The van der Waals surface area contributed by atoms with Gasteiger partial charge in [-0.05, 0) is 41.3 Å². The van der Waals surface area contributed by atoms with Crippen LogP contribution < -0.4 is 10.6 Å². The highest BCUT2D eigenvalue weighted by Gasteiger charge is 2.22. The predicted molar refractivity (Wildman–Crippen MR) is 76.2 cm³/mol. The minimum atomic E-state index is 0.616. The largest absolute Gasteiger partial charge is 0.397 e. The zero-order valence-corrected chi connectivity index (χ0v) is 11.9. The van der Waals surface area contributed by atoms with Gasteiger partial charge >= 0.3 is 0 Å². The molecule has 0 amide bonds. The molecule has 0 radical (unpaired) electrons. The van der Waals surface area contributed by atoms with Gasteiger partial charge in [-0.15, -0.1) is 0 Å². The highest BCUT2D eigenvalue weighted by Crippen LogP contribution is 2.31. The first-order chi connectivity index (χ1) is 8.22. The third-order valence-electron chi connectivity index (χ3n) is 3.46.